The van der Waals surface area contributed by atoms with E-state index in [4.69, 9.17) is 16.3 Å². The number of benzene rings is 1. The van der Waals surface area contributed by atoms with Gasteiger partial charge in [-0.2, -0.15) is 0 Å². The van der Waals surface area contributed by atoms with Crippen LogP contribution in [-0.2, 0) is 4.74 Å². The van der Waals surface area contributed by atoms with Crippen molar-refractivity contribution in [3.63, 3.8) is 0 Å². The minimum atomic E-state index is -0.152. The van der Waals surface area contributed by atoms with Gasteiger partial charge in [0.05, 0.1) is 11.6 Å². The summed E-state index contributed by atoms with van der Waals surface area (Å²) in [5.74, 6) is -0.152. The maximum absolute atomic E-state index is 12.0. The molecule has 0 saturated carbocycles. The highest BCUT2D eigenvalue weighted by atomic mass is 35.5. The molecule has 0 radical (unpaired) electrons. The molecule has 0 unspecified atom stereocenters. The molecular formula is C14H13ClN2O2S. The van der Waals surface area contributed by atoms with Crippen molar-refractivity contribution >= 4 is 28.8 Å². The molecule has 6 heteroatoms. The van der Waals surface area contributed by atoms with Gasteiger partial charge in [-0.15, -0.1) is 11.3 Å². The molecule has 4 nitrogen and oxygen atoms in total. The molecule has 1 N–H and O–H groups in total. The molecule has 2 atom stereocenters. The summed E-state index contributed by atoms with van der Waals surface area (Å²) in [5, 5.41) is 5.42. The summed E-state index contributed by atoms with van der Waals surface area (Å²) < 4.78 is 5.73. The van der Waals surface area contributed by atoms with Gasteiger partial charge in [-0.1, -0.05) is 23.7 Å². The summed E-state index contributed by atoms with van der Waals surface area (Å²) in [6, 6.07) is 7.49. The van der Waals surface area contributed by atoms with Crippen LogP contribution < -0.4 is 5.32 Å². The highest BCUT2D eigenvalue weighted by Gasteiger charge is 2.31. The quantitative estimate of drug-likeness (QED) is 0.948. The Morgan fingerprint density at radius 1 is 1.40 bits per heavy atom. The fraction of sp³-hybridized carbons (Fsp3) is 0.286. The average molecular weight is 309 g/mol. The Kier molecular flexibility index (Phi) is 4.00. The summed E-state index contributed by atoms with van der Waals surface area (Å²) >= 11 is 7.30. The number of halogens is 1. The molecule has 0 spiro atoms. The van der Waals surface area contributed by atoms with E-state index in [-0.39, 0.29) is 18.1 Å². The molecule has 3 rings (SSSR count). The van der Waals surface area contributed by atoms with Gasteiger partial charge in [0.2, 0.25) is 0 Å². The van der Waals surface area contributed by atoms with Crippen LogP contribution in [0, 0.1) is 0 Å². The summed E-state index contributed by atoms with van der Waals surface area (Å²) in [5.41, 5.74) is 3.13. The first-order valence-corrected chi connectivity index (χ1v) is 7.62. The molecule has 2 aromatic rings. The van der Waals surface area contributed by atoms with Crippen LogP contribution in [0.3, 0.4) is 0 Å². The van der Waals surface area contributed by atoms with Gasteiger partial charge in [0.15, 0.2) is 0 Å². The van der Waals surface area contributed by atoms with E-state index >= 15 is 0 Å². The number of carbonyl (C=O) groups is 1. The van der Waals surface area contributed by atoms with Crippen LogP contribution in [-0.4, -0.2) is 23.5 Å². The van der Waals surface area contributed by atoms with Crippen molar-refractivity contribution in [2.45, 2.75) is 18.6 Å². The molecule has 20 heavy (non-hydrogen) atoms. The third-order valence-electron chi connectivity index (χ3n) is 3.27. The molecule has 1 saturated heterocycles. The standard InChI is InChI=1S/C14H13ClN2O2S/c15-10-3-1-9(2-4-10)13-11(5-6-19-13)17-14(18)12-7-20-8-16-12/h1-4,7-8,11,13H,5-6H2,(H,17,18)/t11-,13+/m1/s1. The largest absolute Gasteiger partial charge is 0.371 e. The van der Waals surface area contributed by atoms with E-state index in [0.717, 1.165) is 12.0 Å². The summed E-state index contributed by atoms with van der Waals surface area (Å²) in [6.45, 7) is 0.634. The number of nitrogens with one attached hydrogen (secondary N) is 1. The van der Waals surface area contributed by atoms with Gasteiger partial charge in [-0.3, -0.25) is 4.79 Å². The van der Waals surface area contributed by atoms with Crippen molar-refractivity contribution in [2.75, 3.05) is 6.61 Å². The monoisotopic (exact) mass is 308 g/mol. The van der Waals surface area contributed by atoms with Gasteiger partial charge < -0.3 is 10.1 Å². The van der Waals surface area contributed by atoms with Crippen LogP contribution in [0.2, 0.25) is 5.02 Å². The van der Waals surface area contributed by atoms with Gasteiger partial charge in [0.1, 0.15) is 11.8 Å². The number of carbonyl (C=O) groups excluding carboxylic acids is 1. The summed E-state index contributed by atoms with van der Waals surface area (Å²) in [6.07, 6.45) is 0.665. The van der Waals surface area contributed by atoms with Crippen molar-refractivity contribution in [3.05, 3.63) is 51.4 Å². The smallest absolute Gasteiger partial charge is 0.271 e. The lowest BCUT2D eigenvalue weighted by Crippen LogP contribution is -2.36. The topological polar surface area (TPSA) is 51.2 Å². The lowest BCUT2D eigenvalue weighted by Gasteiger charge is -2.19. The molecule has 0 aliphatic carbocycles. The van der Waals surface area contributed by atoms with Crippen LogP contribution in [0.15, 0.2) is 35.2 Å². The SMILES string of the molecule is O=C(N[C@@H]1CCO[C@H]1c1ccc(Cl)cc1)c1cscn1. The normalized spacial score (nSPS) is 21.9. The van der Waals surface area contributed by atoms with E-state index in [1.807, 2.05) is 24.3 Å². The molecule has 0 bridgehead atoms. The molecule has 1 fully saturated rings. The number of aromatic nitrogens is 1. The average Bonchev–Trinajstić information content (AvgIpc) is 3.10. The third-order valence-corrected chi connectivity index (χ3v) is 4.11. The minimum Gasteiger partial charge on any atom is -0.371 e. The molecule has 1 aliphatic heterocycles. The lowest BCUT2D eigenvalue weighted by atomic mass is 10.0. The van der Waals surface area contributed by atoms with E-state index < -0.39 is 0 Å². The van der Waals surface area contributed by atoms with E-state index in [2.05, 4.69) is 10.3 Å². The van der Waals surface area contributed by atoms with Gasteiger partial charge in [0.25, 0.3) is 5.91 Å². The van der Waals surface area contributed by atoms with E-state index in [0.29, 0.717) is 17.3 Å². The molecule has 2 heterocycles. The summed E-state index contributed by atoms with van der Waals surface area (Å²) in [4.78, 5) is 16.1. The summed E-state index contributed by atoms with van der Waals surface area (Å²) in [7, 11) is 0. The third kappa shape index (κ3) is 2.85. The van der Waals surface area contributed by atoms with Crippen molar-refractivity contribution in [1.82, 2.24) is 10.3 Å². The number of rotatable bonds is 3. The van der Waals surface area contributed by atoms with Crippen LogP contribution in [0.1, 0.15) is 28.6 Å². The van der Waals surface area contributed by atoms with E-state index in [9.17, 15) is 4.79 Å². The fourth-order valence-corrected chi connectivity index (χ4v) is 2.94. The Morgan fingerprint density at radius 3 is 2.90 bits per heavy atom. The van der Waals surface area contributed by atoms with Crippen LogP contribution >= 0.6 is 22.9 Å². The first-order chi connectivity index (χ1) is 9.74. The zero-order chi connectivity index (χ0) is 13.9. The van der Waals surface area contributed by atoms with Gasteiger partial charge >= 0.3 is 0 Å². The number of hydrogen-bond acceptors (Lipinski definition) is 4. The van der Waals surface area contributed by atoms with Gasteiger partial charge in [0, 0.05) is 17.0 Å². The van der Waals surface area contributed by atoms with Crippen LogP contribution in [0.25, 0.3) is 0 Å². The van der Waals surface area contributed by atoms with Crippen molar-refractivity contribution in [2.24, 2.45) is 0 Å². The second-order valence-corrected chi connectivity index (χ2v) is 5.74. The van der Waals surface area contributed by atoms with E-state index in [1.54, 1.807) is 10.9 Å². The molecule has 1 aliphatic rings. The predicted octanol–water partition coefficient (Wildman–Crippen LogP) is 3.06. The second-order valence-electron chi connectivity index (χ2n) is 4.59. The van der Waals surface area contributed by atoms with Crippen molar-refractivity contribution < 1.29 is 9.53 Å². The van der Waals surface area contributed by atoms with Gasteiger partial charge in [-0.25, -0.2) is 4.98 Å². The van der Waals surface area contributed by atoms with Crippen molar-refractivity contribution in [1.29, 1.82) is 0 Å². The Hall–Kier alpha value is -1.43. The Morgan fingerprint density at radius 2 is 2.20 bits per heavy atom. The fourth-order valence-electron chi connectivity index (χ4n) is 2.29. The Bertz CT molecular complexity index is 586. The number of nitrogens with zero attached hydrogens (tertiary/aromatic N) is 1. The minimum absolute atomic E-state index is 0.0367. The van der Waals surface area contributed by atoms with Crippen LogP contribution in [0.4, 0.5) is 0 Å². The molecule has 1 aromatic carbocycles. The molecule has 1 amide bonds. The molecule has 104 valence electrons. The Labute approximate surface area is 125 Å². The molecular weight excluding hydrogens is 296 g/mol. The zero-order valence-electron chi connectivity index (χ0n) is 10.6. The molecule has 1 aromatic heterocycles. The second kappa shape index (κ2) is 5.91. The van der Waals surface area contributed by atoms with Gasteiger partial charge in [-0.05, 0) is 24.1 Å². The highest BCUT2D eigenvalue weighted by Crippen LogP contribution is 2.30. The van der Waals surface area contributed by atoms with Crippen molar-refractivity contribution in [3.8, 4) is 0 Å². The highest BCUT2D eigenvalue weighted by molar-refractivity contribution is 7.07. The number of amides is 1. The van der Waals surface area contributed by atoms with E-state index in [1.165, 1.54) is 11.3 Å². The lowest BCUT2D eigenvalue weighted by molar-refractivity contribution is 0.0818. The number of ether oxygens (including phenoxy) is 1. The predicted molar refractivity (Wildman–Crippen MR) is 78.1 cm³/mol. The zero-order valence-corrected chi connectivity index (χ0v) is 12.2. The maximum atomic E-state index is 12.0. The Balaban J connectivity index is 1.72. The van der Waals surface area contributed by atoms with Crippen LogP contribution in [0.5, 0.6) is 0 Å². The first-order valence-electron chi connectivity index (χ1n) is 6.30. The number of thiazole rings is 1. The first kappa shape index (κ1) is 13.5. The maximum Gasteiger partial charge on any atom is 0.271 e. The number of hydrogen-bond donors (Lipinski definition) is 1.